The molecular formula is C21H30N2O5. The summed E-state index contributed by atoms with van der Waals surface area (Å²) in [5.41, 5.74) is -0.247. The van der Waals surface area contributed by atoms with E-state index in [1.807, 2.05) is 19.1 Å². The van der Waals surface area contributed by atoms with Crippen LogP contribution >= 0.6 is 0 Å². The minimum atomic E-state index is -0.919. The zero-order valence-corrected chi connectivity index (χ0v) is 16.6. The van der Waals surface area contributed by atoms with E-state index in [0.29, 0.717) is 57.5 Å². The highest BCUT2D eigenvalue weighted by Gasteiger charge is 2.53. The van der Waals surface area contributed by atoms with Gasteiger partial charge in [0.1, 0.15) is 6.10 Å². The Balaban J connectivity index is 1.67. The molecule has 0 bridgehead atoms. The zero-order valence-electron chi connectivity index (χ0n) is 16.6. The molecule has 28 heavy (non-hydrogen) atoms. The molecule has 1 aromatic rings. The Labute approximate surface area is 165 Å². The summed E-state index contributed by atoms with van der Waals surface area (Å²) in [6, 6.07) is 7.05. The van der Waals surface area contributed by atoms with Gasteiger partial charge in [0.2, 0.25) is 5.91 Å². The first kappa shape index (κ1) is 20.8. The van der Waals surface area contributed by atoms with E-state index in [4.69, 9.17) is 4.74 Å². The molecule has 0 saturated carbocycles. The van der Waals surface area contributed by atoms with Gasteiger partial charge in [-0.25, -0.2) is 4.79 Å². The molecule has 1 amide bonds. The van der Waals surface area contributed by atoms with Gasteiger partial charge in [0.05, 0.1) is 16.7 Å². The predicted octanol–water partition coefficient (Wildman–Crippen LogP) is 1.79. The number of carbonyl (C=O) groups excluding carboxylic acids is 1. The number of carboxylic acids is 1. The zero-order chi connectivity index (χ0) is 20.4. The number of nitrogens with zero attached hydrogens (tertiary/aromatic N) is 1. The van der Waals surface area contributed by atoms with Crippen LogP contribution in [0, 0.1) is 0 Å². The predicted molar refractivity (Wildman–Crippen MR) is 104 cm³/mol. The van der Waals surface area contributed by atoms with Gasteiger partial charge in [-0.2, -0.15) is 0 Å². The third kappa shape index (κ3) is 4.06. The van der Waals surface area contributed by atoms with E-state index < -0.39 is 23.2 Å². The molecule has 2 aliphatic rings. The number of nitrogens with one attached hydrogen (secondary N) is 1. The highest BCUT2D eigenvalue weighted by atomic mass is 16.5. The second kappa shape index (κ2) is 8.19. The molecule has 0 aromatic heterocycles. The van der Waals surface area contributed by atoms with Crippen molar-refractivity contribution in [2.45, 2.75) is 63.3 Å². The summed E-state index contributed by atoms with van der Waals surface area (Å²) in [6.07, 6.45) is 1.46. The summed E-state index contributed by atoms with van der Waals surface area (Å²) in [4.78, 5) is 25.5. The molecule has 1 aromatic carbocycles. The molecule has 7 nitrogen and oxygen atoms in total. The SMILES string of the molecule is CCC(=O)N[C@]1(C)CCOC2(CCN(Cc3ccccc3C(=O)O)CC2)[C@H]1O. The van der Waals surface area contributed by atoms with Gasteiger partial charge in [0.15, 0.2) is 0 Å². The number of carboxylic acid groups (broad SMARTS) is 1. The second-order valence-electron chi connectivity index (χ2n) is 8.12. The molecule has 3 N–H and O–H groups in total. The fourth-order valence-corrected chi connectivity index (χ4v) is 4.42. The average Bonchev–Trinajstić information content (AvgIpc) is 2.68. The fourth-order valence-electron chi connectivity index (χ4n) is 4.42. The Bertz CT molecular complexity index is 729. The largest absolute Gasteiger partial charge is 0.478 e. The summed E-state index contributed by atoms with van der Waals surface area (Å²) < 4.78 is 6.07. The van der Waals surface area contributed by atoms with Gasteiger partial charge < -0.3 is 20.3 Å². The summed E-state index contributed by atoms with van der Waals surface area (Å²) in [5.74, 6) is -0.987. The van der Waals surface area contributed by atoms with Gasteiger partial charge in [-0.05, 0) is 37.8 Å². The molecule has 2 aliphatic heterocycles. The van der Waals surface area contributed by atoms with Crippen molar-refractivity contribution in [3.8, 4) is 0 Å². The maximum absolute atomic E-state index is 11.9. The van der Waals surface area contributed by atoms with Crippen LogP contribution in [0.5, 0.6) is 0 Å². The summed E-state index contributed by atoms with van der Waals surface area (Å²) in [7, 11) is 0. The maximum Gasteiger partial charge on any atom is 0.336 e. The first-order valence-electron chi connectivity index (χ1n) is 9.96. The van der Waals surface area contributed by atoms with E-state index in [1.54, 1.807) is 19.1 Å². The van der Waals surface area contributed by atoms with Crippen LogP contribution in [-0.4, -0.2) is 63.9 Å². The second-order valence-corrected chi connectivity index (χ2v) is 8.12. The topological polar surface area (TPSA) is 99.1 Å². The molecule has 2 atom stereocenters. The number of carbonyl (C=O) groups is 2. The number of hydrogen-bond acceptors (Lipinski definition) is 5. The number of aromatic carboxylic acids is 1. The van der Waals surface area contributed by atoms with Crippen LogP contribution in [0.15, 0.2) is 24.3 Å². The highest BCUT2D eigenvalue weighted by molar-refractivity contribution is 5.89. The number of aliphatic hydroxyl groups excluding tert-OH is 1. The molecule has 154 valence electrons. The van der Waals surface area contributed by atoms with Gasteiger partial charge in [-0.1, -0.05) is 25.1 Å². The molecular weight excluding hydrogens is 360 g/mol. The monoisotopic (exact) mass is 390 g/mol. The number of hydrogen-bond donors (Lipinski definition) is 3. The molecule has 2 fully saturated rings. The third-order valence-corrected chi connectivity index (χ3v) is 6.20. The van der Waals surface area contributed by atoms with Gasteiger partial charge in [-0.3, -0.25) is 9.69 Å². The Hall–Kier alpha value is -1.96. The van der Waals surface area contributed by atoms with Gasteiger partial charge in [0, 0.05) is 32.7 Å². The number of benzene rings is 1. The Morgan fingerprint density at radius 3 is 2.57 bits per heavy atom. The van der Waals surface area contributed by atoms with E-state index in [0.717, 1.165) is 5.56 Å². The first-order chi connectivity index (χ1) is 13.3. The van der Waals surface area contributed by atoms with E-state index in [1.165, 1.54) is 0 Å². The number of piperidine rings is 1. The lowest BCUT2D eigenvalue weighted by molar-refractivity contribution is -0.208. The standard InChI is InChI=1S/C21H30N2O5/c1-3-17(24)22-20(2)10-13-28-21(19(20)27)8-11-23(12-9-21)14-15-6-4-5-7-16(15)18(25)26/h4-7,19,27H,3,8-14H2,1-2H3,(H,22,24)(H,25,26)/t19-,20+/m0/s1. The number of ether oxygens (including phenoxy) is 1. The number of rotatable bonds is 5. The average molecular weight is 390 g/mol. The van der Waals surface area contributed by atoms with E-state index in [9.17, 15) is 19.8 Å². The van der Waals surface area contributed by atoms with Crippen LogP contribution < -0.4 is 5.32 Å². The van der Waals surface area contributed by atoms with Crippen molar-refractivity contribution in [3.63, 3.8) is 0 Å². The lowest BCUT2D eigenvalue weighted by atomic mass is 9.73. The van der Waals surface area contributed by atoms with Crippen LogP contribution in [0.3, 0.4) is 0 Å². The quantitative estimate of drug-likeness (QED) is 0.709. The van der Waals surface area contributed by atoms with E-state index >= 15 is 0 Å². The van der Waals surface area contributed by atoms with Crippen molar-refractivity contribution in [2.75, 3.05) is 19.7 Å². The molecule has 3 rings (SSSR count). The molecule has 0 aliphatic carbocycles. The van der Waals surface area contributed by atoms with Crippen molar-refractivity contribution >= 4 is 11.9 Å². The lowest BCUT2D eigenvalue weighted by Gasteiger charge is -2.53. The van der Waals surface area contributed by atoms with Crippen molar-refractivity contribution in [3.05, 3.63) is 35.4 Å². The summed E-state index contributed by atoms with van der Waals surface area (Å²) in [6.45, 7) is 6.14. The lowest BCUT2D eigenvalue weighted by Crippen LogP contribution is -2.69. The highest BCUT2D eigenvalue weighted by Crippen LogP contribution is 2.40. The first-order valence-corrected chi connectivity index (χ1v) is 9.96. The number of aliphatic hydroxyl groups is 1. The van der Waals surface area contributed by atoms with Crippen LogP contribution in [-0.2, 0) is 16.1 Å². The Morgan fingerprint density at radius 2 is 1.93 bits per heavy atom. The maximum atomic E-state index is 11.9. The van der Waals surface area contributed by atoms with Gasteiger partial charge >= 0.3 is 5.97 Å². The van der Waals surface area contributed by atoms with Crippen molar-refractivity contribution < 1.29 is 24.5 Å². The summed E-state index contributed by atoms with van der Waals surface area (Å²) in [5, 5.41) is 23.5. The smallest absolute Gasteiger partial charge is 0.336 e. The number of likely N-dealkylation sites (tertiary alicyclic amines) is 1. The van der Waals surface area contributed by atoms with Crippen LogP contribution in [0.25, 0.3) is 0 Å². The van der Waals surface area contributed by atoms with E-state index in [2.05, 4.69) is 10.2 Å². The van der Waals surface area contributed by atoms with Gasteiger partial charge in [-0.15, -0.1) is 0 Å². The van der Waals surface area contributed by atoms with Crippen LogP contribution in [0.1, 0.15) is 55.5 Å². The fraction of sp³-hybridized carbons (Fsp3) is 0.619. The normalized spacial score (nSPS) is 27.5. The molecule has 7 heteroatoms. The van der Waals surface area contributed by atoms with Crippen molar-refractivity contribution in [1.82, 2.24) is 10.2 Å². The Kier molecular flexibility index (Phi) is 6.07. The van der Waals surface area contributed by atoms with E-state index in [-0.39, 0.29) is 5.91 Å². The van der Waals surface area contributed by atoms with Crippen LogP contribution in [0.2, 0.25) is 0 Å². The Morgan fingerprint density at radius 1 is 1.25 bits per heavy atom. The molecule has 0 radical (unpaired) electrons. The van der Waals surface area contributed by atoms with Crippen molar-refractivity contribution in [1.29, 1.82) is 0 Å². The summed E-state index contributed by atoms with van der Waals surface area (Å²) >= 11 is 0. The molecule has 1 spiro atoms. The molecule has 0 unspecified atom stereocenters. The third-order valence-electron chi connectivity index (χ3n) is 6.20. The van der Waals surface area contributed by atoms with Crippen LogP contribution in [0.4, 0.5) is 0 Å². The minimum Gasteiger partial charge on any atom is -0.478 e. The van der Waals surface area contributed by atoms with Gasteiger partial charge in [0.25, 0.3) is 0 Å². The minimum absolute atomic E-state index is 0.0682. The molecule has 2 saturated heterocycles. The number of amides is 1. The van der Waals surface area contributed by atoms with Crippen molar-refractivity contribution in [2.24, 2.45) is 0 Å². The molecule has 2 heterocycles.